The molecule has 2 rings (SSSR count). The first-order valence-corrected chi connectivity index (χ1v) is 7.16. The fourth-order valence-corrected chi connectivity index (χ4v) is 1.77. The second-order valence-corrected chi connectivity index (χ2v) is 4.68. The summed E-state index contributed by atoms with van der Waals surface area (Å²) in [7, 11) is 0. The maximum atomic E-state index is 5.67. The van der Waals surface area contributed by atoms with Crippen molar-refractivity contribution in [3.63, 3.8) is 0 Å². The minimum atomic E-state index is 0.568. The van der Waals surface area contributed by atoms with E-state index in [4.69, 9.17) is 9.47 Å². The fraction of sp³-hybridized carbons (Fsp3) is 0.375. The molecule has 1 aromatic carbocycles. The Morgan fingerprint density at radius 3 is 2.81 bits per heavy atom. The summed E-state index contributed by atoms with van der Waals surface area (Å²) in [5.74, 6) is 2.21. The molecule has 0 fully saturated rings. The molecule has 0 atom stereocenters. The third-order valence-electron chi connectivity index (χ3n) is 2.76. The van der Waals surface area contributed by atoms with E-state index in [1.165, 1.54) is 11.9 Å². The Labute approximate surface area is 125 Å². The Morgan fingerprint density at radius 2 is 2.00 bits per heavy atom. The van der Waals surface area contributed by atoms with Gasteiger partial charge in [0.2, 0.25) is 5.88 Å². The molecule has 0 aliphatic heterocycles. The van der Waals surface area contributed by atoms with E-state index < -0.39 is 0 Å². The van der Waals surface area contributed by atoms with E-state index in [0.29, 0.717) is 25.6 Å². The zero-order chi connectivity index (χ0) is 14.9. The molecular formula is C16H21N3O2. The van der Waals surface area contributed by atoms with Crippen LogP contribution in [0.1, 0.15) is 18.9 Å². The van der Waals surface area contributed by atoms with E-state index >= 15 is 0 Å². The van der Waals surface area contributed by atoms with E-state index in [1.807, 2.05) is 31.2 Å². The lowest BCUT2D eigenvalue weighted by atomic mass is 10.2. The molecule has 1 aromatic heterocycles. The van der Waals surface area contributed by atoms with E-state index in [1.54, 1.807) is 6.07 Å². The highest BCUT2D eigenvalue weighted by Crippen LogP contribution is 2.13. The first-order chi connectivity index (χ1) is 10.3. The lowest BCUT2D eigenvalue weighted by Crippen LogP contribution is -2.12. The fourth-order valence-electron chi connectivity index (χ4n) is 1.77. The number of ether oxygens (including phenoxy) is 2. The van der Waals surface area contributed by atoms with Crippen LogP contribution < -0.4 is 14.8 Å². The van der Waals surface area contributed by atoms with E-state index in [9.17, 15) is 0 Å². The van der Waals surface area contributed by atoms with Crippen LogP contribution in [0.5, 0.6) is 11.6 Å². The number of nitrogens with zero attached hydrogens (tertiary/aromatic N) is 2. The molecule has 2 aromatic rings. The monoisotopic (exact) mass is 287 g/mol. The van der Waals surface area contributed by atoms with Gasteiger partial charge in [-0.05, 0) is 31.0 Å². The van der Waals surface area contributed by atoms with Crippen molar-refractivity contribution in [3.8, 4) is 11.6 Å². The maximum Gasteiger partial charge on any atom is 0.218 e. The molecule has 1 heterocycles. The summed E-state index contributed by atoms with van der Waals surface area (Å²) >= 11 is 0. The van der Waals surface area contributed by atoms with Crippen molar-refractivity contribution < 1.29 is 9.47 Å². The van der Waals surface area contributed by atoms with Crippen molar-refractivity contribution in [3.05, 3.63) is 42.2 Å². The summed E-state index contributed by atoms with van der Waals surface area (Å²) in [4.78, 5) is 8.21. The molecule has 1 N–H and O–H groups in total. The van der Waals surface area contributed by atoms with Crippen molar-refractivity contribution in [1.29, 1.82) is 0 Å². The molecule has 0 radical (unpaired) electrons. The van der Waals surface area contributed by atoms with Crippen LogP contribution in [0.4, 0.5) is 5.82 Å². The third kappa shape index (κ3) is 5.30. The summed E-state index contributed by atoms with van der Waals surface area (Å²) < 4.78 is 11.1. The Bertz CT molecular complexity index is 561. The van der Waals surface area contributed by atoms with Gasteiger partial charge >= 0.3 is 0 Å². The van der Waals surface area contributed by atoms with Crippen molar-refractivity contribution in [1.82, 2.24) is 9.97 Å². The van der Waals surface area contributed by atoms with Gasteiger partial charge in [-0.15, -0.1) is 0 Å². The zero-order valence-electron chi connectivity index (χ0n) is 12.5. The maximum absolute atomic E-state index is 5.67. The van der Waals surface area contributed by atoms with Crippen LogP contribution in [0.25, 0.3) is 0 Å². The highest BCUT2D eigenvalue weighted by Gasteiger charge is 1.99. The summed E-state index contributed by atoms with van der Waals surface area (Å²) in [5, 5.41) is 3.19. The zero-order valence-corrected chi connectivity index (χ0v) is 12.5. The quantitative estimate of drug-likeness (QED) is 0.756. The van der Waals surface area contributed by atoms with Gasteiger partial charge in [-0.2, -0.15) is 0 Å². The Kier molecular flexibility index (Phi) is 5.82. The molecule has 5 nitrogen and oxygen atoms in total. The van der Waals surface area contributed by atoms with E-state index in [2.05, 4.69) is 22.2 Å². The summed E-state index contributed by atoms with van der Waals surface area (Å²) in [5.41, 5.74) is 1.19. The third-order valence-corrected chi connectivity index (χ3v) is 2.76. The molecule has 0 bridgehead atoms. The lowest BCUT2D eigenvalue weighted by Gasteiger charge is -2.09. The average Bonchev–Trinajstić information content (AvgIpc) is 2.50. The summed E-state index contributed by atoms with van der Waals surface area (Å²) in [6, 6.07) is 9.79. The van der Waals surface area contributed by atoms with Crippen LogP contribution in [-0.4, -0.2) is 29.7 Å². The molecule has 0 unspecified atom stereocenters. The Balaban J connectivity index is 1.75. The van der Waals surface area contributed by atoms with E-state index in [0.717, 1.165) is 18.0 Å². The minimum Gasteiger partial charge on any atom is -0.492 e. The van der Waals surface area contributed by atoms with Gasteiger partial charge in [-0.1, -0.05) is 19.1 Å². The molecule has 112 valence electrons. The normalized spacial score (nSPS) is 10.2. The largest absolute Gasteiger partial charge is 0.492 e. The predicted molar refractivity (Wildman–Crippen MR) is 83.0 cm³/mol. The van der Waals surface area contributed by atoms with Crippen LogP contribution in [0.2, 0.25) is 0 Å². The summed E-state index contributed by atoms with van der Waals surface area (Å²) in [6.07, 6.45) is 2.45. The smallest absolute Gasteiger partial charge is 0.218 e. The van der Waals surface area contributed by atoms with Gasteiger partial charge in [0, 0.05) is 6.07 Å². The van der Waals surface area contributed by atoms with Gasteiger partial charge in [0.1, 0.15) is 24.5 Å². The van der Waals surface area contributed by atoms with Gasteiger partial charge in [-0.25, -0.2) is 9.97 Å². The highest BCUT2D eigenvalue weighted by atomic mass is 16.5. The standard InChI is InChI=1S/C16H21N3O2/c1-3-8-21-16-11-15(18-12-19-16)17-7-9-20-14-6-4-5-13(2)10-14/h4-6,10-12H,3,7-9H2,1-2H3,(H,17,18,19). The van der Waals surface area contributed by atoms with Gasteiger partial charge < -0.3 is 14.8 Å². The molecule has 5 heteroatoms. The molecule has 0 saturated carbocycles. The average molecular weight is 287 g/mol. The number of nitrogens with one attached hydrogen (secondary N) is 1. The highest BCUT2D eigenvalue weighted by molar-refractivity contribution is 5.37. The first-order valence-electron chi connectivity index (χ1n) is 7.16. The first kappa shape index (κ1) is 15.1. The summed E-state index contributed by atoms with van der Waals surface area (Å²) in [6.45, 7) is 6.00. The number of benzene rings is 1. The number of anilines is 1. The SMILES string of the molecule is CCCOc1cc(NCCOc2cccc(C)c2)ncn1. The second kappa shape index (κ2) is 8.09. The van der Waals surface area contributed by atoms with Crippen molar-refractivity contribution >= 4 is 5.82 Å². The topological polar surface area (TPSA) is 56.3 Å². The lowest BCUT2D eigenvalue weighted by molar-refractivity contribution is 0.304. The van der Waals surface area contributed by atoms with Gasteiger partial charge in [0.15, 0.2) is 0 Å². The Morgan fingerprint density at radius 1 is 1.10 bits per heavy atom. The van der Waals surface area contributed by atoms with Crippen LogP contribution in [0, 0.1) is 6.92 Å². The van der Waals surface area contributed by atoms with Crippen LogP contribution in [0.3, 0.4) is 0 Å². The van der Waals surface area contributed by atoms with E-state index in [-0.39, 0.29) is 0 Å². The predicted octanol–water partition coefficient (Wildman–Crippen LogP) is 3.06. The van der Waals surface area contributed by atoms with Crippen molar-refractivity contribution in [2.75, 3.05) is 25.1 Å². The number of aryl methyl sites for hydroxylation is 1. The molecule has 0 aliphatic rings. The molecule has 0 saturated heterocycles. The van der Waals surface area contributed by atoms with Gasteiger partial charge in [-0.3, -0.25) is 0 Å². The molecule has 0 spiro atoms. The second-order valence-electron chi connectivity index (χ2n) is 4.68. The number of hydrogen-bond acceptors (Lipinski definition) is 5. The van der Waals surface area contributed by atoms with Crippen LogP contribution in [-0.2, 0) is 0 Å². The number of aromatic nitrogens is 2. The van der Waals surface area contributed by atoms with Gasteiger partial charge in [0.25, 0.3) is 0 Å². The molecule has 21 heavy (non-hydrogen) atoms. The van der Waals surface area contributed by atoms with Crippen molar-refractivity contribution in [2.45, 2.75) is 20.3 Å². The van der Waals surface area contributed by atoms with Crippen LogP contribution >= 0.6 is 0 Å². The van der Waals surface area contributed by atoms with Crippen LogP contribution in [0.15, 0.2) is 36.7 Å². The minimum absolute atomic E-state index is 0.568. The molecule has 0 aliphatic carbocycles. The molecular weight excluding hydrogens is 266 g/mol. The van der Waals surface area contributed by atoms with Crippen molar-refractivity contribution in [2.24, 2.45) is 0 Å². The Hall–Kier alpha value is -2.30. The molecule has 0 amide bonds. The van der Waals surface area contributed by atoms with Gasteiger partial charge in [0.05, 0.1) is 13.2 Å². The number of rotatable bonds is 8. The number of hydrogen-bond donors (Lipinski definition) is 1.